The highest BCUT2D eigenvalue weighted by atomic mass is 16.3. The Kier molecular flexibility index (Phi) is 38.5. The Labute approximate surface area is 309 Å². The van der Waals surface area contributed by atoms with Gasteiger partial charge in [0.05, 0.1) is 18.8 Å². The SMILES string of the molecule is CC/C=C\C/C=C\C/C=C\C/C=C\C/C=C\C/C=C\C/C=C\CCCC(=O)NC(CO)C(O)/C=C/CCCCCCCCCCCCCCC. The van der Waals surface area contributed by atoms with Crippen molar-refractivity contribution in [2.75, 3.05) is 6.61 Å². The Hall–Kier alpha value is -2.69. The van der Waals surface area contributed by atoms with E-state index in [1.54, 1.807) is 6.08 Å². The van der Waals surface area contributed by atoms with Crippen LogP contribution in [0.4, 0.5) is 0 Å². The summed E-state index contributed by atoms with van der Waals surface area (Å²) in [6.45, 7) is 4.15. The largest absolute Gasteiger partial charge is 0.394 e. The molecule has 0 aromatic heterocycles. The van der Waals surface area contributed by atoms with Crippen LogP contribution in [-0.4, -0.2) is 34.9 Å². The normalized spacial score (nSPS) is 14.1. The molecule has 2 atom stereocenters. The van der Waals surface area contributed by atoms with E-state index in [4.69, 9.17) is 0 Å². The van der Waals surface area contributed by atoms with Gasteiger partial charge in [-0.3, -0.25) is 4.79 Å². The number of amides is 1. The summed E-state index contributed by atoms with van der Waals surface area (Å²) in [7, 11) is 0. The molecule has 0 aliphatic carbocycles. The Bertz CT molecular complexity index is 968. The minimum absolute atomic E-state index is 0.127. The zero-order valence-corrected chi connectivity index (χ0v) is 32.4. The van der Waals surface area contributed by atoms with Gasteiger partial charge in [0.2, 0.25) is 5.91 Å². The Morgan fingerprint density at radius 1 is 0.500 bits per heavy atom. The van der Waals surface area contributed by atoms with Crippen LogP contribution < -0.4 is 5.32 Å². The van der Waals surface area contributed by atoms with Crippen LogP contribution in [-0.2, 0) is 4.79 Å². The lowest BCUT2D eigenvalue weighted by Crippen LogP contribution is -2.45. The minimum atomic E-state index is -0.868. The smallest absolute Gasteiger partial charge is 0.220 e. The van der Waals surface area contributed by atoms with Crippen molar-refractivity contribution in [1.29, 1.82) is 0 Å². The maximum atomic E-state index is 12.3. The number of rotatable bonds is 35. The van der Waals surface area contributed by atoms with E-state index < -0.39 is 12.1 Å². The molecule has 284 valence electrons. The van der Waals surface area contributed by atoms with Crippen molar-refractivity contribution in [3.05, 3.63) is 97.2 Å². The second-order valence-corrected chi connectivity index (χ2v) is 13.3. The van der Waals surface area contributed by atoms with E-state index in [0.29, 0.717) is 6.42 Å². The van der Waals surface area contributed by atoms with Crippen LogP contribution in [0.3, 0.4) is 0 Å². The lowest BCUT2D eigenvalue weighted by atomic mass is 10.0. The first-order chi connectivity index (χ1) is 24.7. The number of unbranched alkanes of at least 4 members (excludes halogenated alkanes) is 14. The molecule has 1 amide bonds. The summed E-state index contributed by atoms with van der Waals surface area (Å²) in [6.07, 6.45) is 60.7. The van der Waals surface area contributed by atoms with Gasteiger partial charge in [-0.1, -0.05) is 188 Å². The maximum Gasteiger partial charge on any atom is 0.220 e. The number of carbonyl (C=O) groups excluding carboxylic acids is 1. The summed E-state index contributed by atoms with van der Waals surface area (Å²) < 4.78 is 0. The van der Waals surface area contributed by atoms with E-state index in [-0.39, 0.29) is 12.5 Å². The molecule has 0 saturated heterocycles. The van der Waals surface area contributed by atoms with Crippen LogP contribution in [0.2, 0.25) is 0 Å². The van der Waals surface area contributed by atoms with Crippen LogP contribution in [0, 0.1) is 0 Å². The van der Waals surface area contributed by atoms with Crippen LogP contribution in [0.5, 0.6) is 0 Å². The van der Waals surface area contributed by atoms with Gasteiger partial charge in [-0.25, -0.2) is 0 Å². The van der Waals surface area contributed by atoms with Gasteiger partial charge < -0.3 is 15.5 Å². The van der Waals surface area contributed by atoms with Crippen molar-refractivity contribution in [1.82, 2.24) is 5.32 Å². The molecule has 0 saturated carbocycles. The highest BCUT2D eigenvalue weighted by Gasteiger charge is 2.17. The molecule has 0 heterocycles. The summed E-state index contributed by atoms with van der Waals surface area (Å²) in [5, 5.41) is 22.9. The second-order valence-electron chi connectivity index (χ2n) is 13.3. The quantitative estimate of drug-likeness (QED) is 0.0458. The molecule has 0 spiro atoms. The maximum absolute atomic E-state index is 12.3. The predicted molar refractivity (Wildman–Crippen MR) is 220 cm³/mol. The lowest BCUT2D eigenvalue weighted by Gasteiger charge is -2.19. The van der Waals surface area contributed by atoms with E-state index in [1.165, 1.54) is 77.0 Å². The van der Waals surface area contributed by atoms with Crippen molar-refractivity contribution < 1.29 is 15.0 Å². The first kappa shape index (κ1) is 47.3. The van der Waals surface area contributed by atoms with Crippen molar-refractivity contribution in [2.24, 2.45) is 0 Å². The van der Waals surface area contributed by atoms with Crippen LogP contribution in [0.25, 0.3) is 0 Å². The summed E-state index contributed by atoms with van der Waals surface area (Å²) in [6, 6.07) is -0.658. The number of carbonyl (C=O) groups is 1. The van der Waals surface area contributed by atoms with Crippen molar-refractivity contribution in [3.63, 3.8) is 0 Å². The fourth-order valence-electron chi connectivity index (χ4n) is 5.46. The van der Waals surface area contributed by atoms with Crippen molar-refractivity contribution in [3.8, 4) is 0 Å². The number of allylic oxidation sites excluding steroid dienone is 15. The zero-order valence-electron chi connectivity index (χ0n) is 32.4. The molecule has 3 N–H and O–H groups in total. The Morgan fingerprint density at radius 2 is 0.880 bits per heavy atom. The number of hydrogen-bond donors (Lipinski definition) is 3. The first-order valence-corrected chi connectivity index (χ1v) is 20.5. The van der Waals surface area contributed by atoms with E-state index in [9.17, 15) is 15.0 Å². The summed E-state index contributed by atoms with van der Waals surface area (Å²) in [4.78, 5) is 12.3. The summed E-state index contributed by atoms with van der Waals surface area (Å²) >= 11 is 0. The van der Waals surface area contributed by atoms with Gasteiger partial charge in [0, 0.05) is 6.42 Å². The van der Waals surface area contributed by atoms with Gasteiger partial charge in [-0.15, -0.1) is 0 Å². The molecule has 0 rings (SSSR count). The fourth-order valence-corrected chi connectivity index (χ4v) is 5.46. The van der Waals surface area contributed by atoms with Crippen LogP contribution in [0.15, 0.2) is 97.2 Å². The Morgan fingerprint density at radius 3 is 1.30 bits per heavy atom. The van der Waals surface area contributed by atoms with Gasteiger partial charge in [0.1, 0.15) is 0 Å². The first-order valence-electron chi connectivity index (χ1n) is 20.5. The number of nitrogens with one attached hydrogen (secondary N) is 1. The fraction of sp³-hybridized carbons (Fsp3) is 0.630. The van der Waals surface area contributed by atoms with E-state index in [0.717, 1.165) is 70.6 Å². The van der Waals surface area contributed by atoms with Crippen molar-refractivity contribution >= 4 is 5.91 Å². The monoisotopic (exact) mass is 692 g/mol. The molecule has 0 bridgehead atoms. The number of aliphatic hydroxyl groups is 2. The molecule has 0 aliphatic rings. The molecule has 50 heavy (non-hydrogen) atoms. The van der Waals surface area contributed by atoms with E-state index >= 15 is 0 Å². The predicted octanol–water partition coefficient (Wildman–Crippen LogP) is 12.7. The van der Waals surface area contributed by atoms with Gasteiger partial charge in [0.15, 0.2) is 0 Å². The summed E-state index contributed by atoms with van der Waals surface area (Å²) in [5.74, 6) is -0.127. The van der Waals surface area contributed by atoms with Gasteiger partial charge in [-0.05, 0) is 70.6 Å². The molecule has 0 aromatic rings. The molecule has 2 unspecified atom stereocenters. The van der Waals surface area contributed by atoms with Gasteiger partial charge in [-0.2, -0.15) is 0 Å². The highest BCUT2D eigenvalue weighted by Crippen LogP contribution is 2.13. The standard InChI is InChI=1S/C46H77NO3/c1-3-5-7-9-11-13-15-17-19-20-21-22-23-24-25-26-28-30-32-34-36-38-40-42-46(50)47-44(43-48)45(49)41-39-37-35-33-31-29-27-18-16-14-12-10-8-6-4-2/h5,7,11,13,17,19,21-22,24-25,28,30,34,36,39,41,44-45,48-49H,3-4,6,8-10,12,14-16,18,20,23,26-27,29,31-33,35,37-38,40,42-43H2,1-2H3,(H,47,50)/b7-5-,13-11-,19-17-,22-21-,25-24-,30-28-,36-34-,41-39+. The van der Waals surface area contributed by atoms with Gasteiger partial charge >= 0.3 is 0 Å². The summed E-state index contributed by atoms with van der Waals surface area (Å²) in [5.41, 5.74) is 0. The van der Waals surface area contributed by atoms with E-state index in [1.807, 2.05) is 6.08 Å². The average molecular weight is 692 g/mol. The second kappa shape index (κ2) is 40.7. The van der Waals surface area contributed by atoms with Crippen LogP contribution in [0.1, 0.15) is 168 Å². The van der Waals surface area contributed by atoms with E-state index in [2.05, 4.69) is 104 Å². The van der Waals surface area contributed by atoms with Crippen molar-refractivity contribution in [2.45, 2.75) is 180 Å². The highest BCUT2D eigenvalue weighted by molar-refractivity contribution is 5.76. The van der Waals surface area contributed by atoms with Gasteiger partial charge in [0.25, 0.3) is 0 Å². The number of aliphatic hydroxyl groups excluding tert-OH is 2. The number of hydrogen-bond acceptors (Lipinski definition) is 3. The molecule has 0 aromatic carbocycles. The minimum Gasteiger partial charge on any atom is -0.394 e. The lowest BCUT2D eigenvalue weighted by molar-refractivity contribution is -0.122. The molecule has 0 radical (unpaired) electrons. The molecule has 4 nitrogen and oxygen atoms in total. The molecule has 0 aliphatic heterocycles. The third-order valence-corrected chi connectivity index (χ3v) is 8.57. The third-order valence-electron chi connectivity index (χ3n) is 8.57. The third kappa shape index (κ3) is 36.6. The molecular weight excluding hydrogens is 615 g/mol. The molecular formula is C46H77NO3. The zero-order chi connectivity index (χ0) is 36.4. The van der Waals surface area contributed by atoms with Crippen LogP contribution >= 0.6 is 0 Å². The molecule has 0 fully saturated rings. The molecule has 4 heteroatoms. The Balaban J connectivity index is 3.79. The average Bonchev–Trinajstić information content (AvgIpc) is 3.12. The topological polar surface area (TPSA) is 69.6 Å².